The molecular formula is C12H26N2O3. The number of nitrogens with zero attached hydrogens (tertiary/aromatic N) is 1. The van der Waals surface area contributed by atoms with Crippen molar-refractivity contribution < 1.29 is 14.6 Å². The summed E-state index contributed by atoms with van der Waals surface area (Å²) in [6, 6.07) is -0.237. The molecule has 0 aliphatic carbocycles. The van der Waals surface area contributed by atoms with E-state index in [0.717, 1.165) is 26.0 Å². The first-order valence-corrected chi connectivity index (χ1v) is 6.36. The Labute approximate surface area is 104 Å². The van der Waals surface area contributed by atoms with Gasteiger partial charge in [0.25, 0.3) is 0 Å². The minimum atomic E-state index is -0.168. The Morgan fingerprint density at radius 1 is 1.53 bits per heavy atom. The molecule has 102 valence electrons. The summed E-state index contributed by atoms with van der Waals surface area (Å²) in [7, 11) is 3.60. The number of rotatable bonds is 7. The lowest BCUT2D eigenvalue weighted by Gasteiger charge is -2.34. The largest absolute Gasteiger partial charge is 0.395 e. The van der Waals surface area contributed by atoms with Crippen molar-refractivity contribution in [3.05, 3.63) is 0 Å². The van der Waals surface area contributed by atoms with Gasteiger partial charge in [-0.05, 0) is 26.3 Å². The van der Waals surface area contributed by atoms with E-state index in [2.05, 4.69) is 4.90 Å². The lowest BCUT2D eigenvalue weighted by Crippen LogP contribution is -2.52. The molecule has 17 heavy (non-hydrogen) atoms. The molecule has 3 atom stereocenters. The SMILES string of the molecule is COCC(N)C(CO)N(C)CC1CCCCO1. The zero-order valence-corrected chi connectivity index (χ0v) is 11.0. The first-order chi connectivity index (χ1) is 8.19. The smallest absolute Gasteiger partial charge is 0.0702 e. The van der Waals surface area contributed by atoms with E-state index < -0.39 is 0 Å². The van der Waals surface area contributed by atoms with Crippen LogP contribution >= 0.6 is 0 Å². The quantitative estimate of drug-likeness (QED) is 0.652. The van der Waals surface area contributed by atoms with Crippen LogP contribution in [0.2, 0.25) is 0 Å². The molecule has 5 nitrogen and oxygen atoms in total. The summed E-state index contributed by atoms with van der Waals surface area (Å²) in [5.74, 6) is 0. The molecule has 1 rings (SSSR count). The summed E-state index contributed by atoms with van der Waals surface area (Å²) in [6.07, 6.45) is 3.76. The second kappa shape index (κ2) is 8.00. The van der Waals surface area contributed by atoms with Gasteiger partial charge in [0.1, 0.15) is 0 Å². The molecule has 1 aliphatic heterocycles. The van der Waals surface area contributed by atoms with Gasteiger partial charge in [-0.15, -0.1) is 0 Å². The van der Waals surface area contributed by atoms with Gasteiger partial charge in [-0.2, -0.15) is 0 Å². The summed E-state index contributed by atoms with van der Waals surface area (Å²) in [6.45, 7) is 2.18. The second-order valence-electron chi connectivity index (χ2n) is 4.80. The van der Waals surface area contributed by atoms with Crippen molar-refractivity contribution in [1.29, 1.82) is 0 Å². The highest BCUT2D eigenvalue weighted by atomic mass is 16.5. The Morgan fingerprint density at radius 3 is 2.82 bits per heavy atom. The fourth-order valence-corrected chi connectivity index (χ4v) is 2.31. The standard InChI is InChI=1S/C12H26N2O3/c1-14(7-10-5-3-4-6-17-10)12(8-15)11(13)9-16-2/h10-12,15H,3-9,13H2,1-2H3. The van der Waals surface area contributed by atoms with Crippen molar-refractivity contribution in [1.82, 2.24) is 4.90 Å². The summed E-state index contributed by atoms with van der Waals surface area (Å²) in [5.41, 5.74) is 5.98. The van der Waals surface area contributed by atoms with Crippen LogP contribution in [0.3, 0.4) is 0 Å². The number of likely N-dealkylation sites (N-methyl/N-ethyl adjacent to an activating group) is 1. The molecule has 1 aliphatic rings. The van der Waals surface area contributed by atoms with E-state index in [4.69, 9.17) is 15.2 Å². The molecule has 0 bridgehead atoms. The molecule has 3 N–H and O–H groups in total. The van der Waals surface area contributed by atoms with Crippen molar-refractivity contribution >= 4 is 0 Å². The van der Waals surface area contributed by atoms with E-state index in [9.17, 15) is 5.11 Å². The van der Waals surface area contributed by atoms with Crippen LogP contribution in [0, 0.1) is 0 Å². The molecular weight excluding hydrogens is 220 g/mol. The van der Waals surface area contributed by atoms with Crippen LogP contribution in [0.4, 0.5) is 0 Å². The number of aliphatic hydroxyl groups is 1. The fraction of sp³-hybridized carbons (Fsp3) is 1.00. The van der Waals surface area contributed by atoms with Crippen LogP contribution in [0.25, 0.3) is 0 Å². The molecule has 0 amide bonds. The van der Waals surface area contributed by atoms with E-state index in [-0.39, 0.29) is 24.8 Å². The average Bonchev–Trinajstić information content (AvgIpc) is 2.31. The van der Waals surface area contributed by atoms with E-state index >= 15 is 0 Å². The predicted octanol–water partition coefficient (Wildman–Crippen LogP) is -0.178. The normalized spacial score (nSPS) is 24.9. The highest BCUT2D eigenvalue weighted by Gasteiger charge is 2.25. The van der Waals surface area contributed by atoms with E-state index in [0.29, 0.717) is 6.61 Å². The van der Waals surface area contributed by atoms with Crippen LogP contribution in [-0.2, 0) is 9.47 Å². The predicted molar refractivity (Wildman–Crippen MR) is 66.9 cm³/mol. The van der Waals surface area contributed by atoms with E-state index in [1.54, 1.807) is 7.11 Å². The Hall–Kier alpha value is -0.200. The molecule has 0 aromatic heterocycles. The molecule has 5 heteroatoms. The Kier molecular flexibility index (Phi) is 6.99. The minimum absolute atomic E-state index is 0.0494. The van der Waals surface area contributed by atoms with Gasteiger partial charge in [-0.1, -0.05) is 0 Å². The maximum Gasteiger partial charge on any atom is 0.0702 e. The maximum atomic E-state index is 9.40. The van der Waals surface area contributed by atoms with Gasteiger partial charge in [0, 0.05) is 32.3 Å². The topological polar surface area (TPSA) is 68.0 Å². The number of methoxy groups -OCH3 is 1. The first-order valence-electron chi connectivity index (χ1n) is 6.36. The fourth-order valence-electron chi connectivity index (χ4n) is 2.31. The van der Waals surface area contributed by atoms with Gasteiger partial charge in [0.2, 0.25) is 0 Å². The molecule has 0 radical (unpaired) electrons. The second-order valence-corrected chi connectivity index (χ2v) is 4.80. The maximum absolute atomic E-state index is 9.40. The molecule has 0 aromatic rings. The number of nitrogens with two attached hydrogens (primary N) is 1. The number of ether oxygens (including phenoxy) is 2. The number of hydrogen-bond acceptors (Lipinski definition) is 5. The molecule has 0 saturated carbocycles. The van der Waals surface area contributed by atoms with Crippen molar-refractivity contribution in [3.63, 3.8) is 0 Å². The van der Waals surface area contributed by atoms with Gasteiger partial charge < -0.3 is 20.3 Å². The van der Waals surface area contributed by atoms with E-state index in [1.807, 2.05) is 7.05 Å². The van der Waals surface area contributed by atoms with Crippen LogP contribution in [0.5, 0.6) is 0 Å². The van der Waals surface area contributed by atoms with Crippen molar-refractivity contribution in [3.8, 4) is 0 Å². The van der Waals surface area contributed by atoms with E-state index in [1.165, 1.54) is 6.42 Å². The van der Waals surface area contributed by atoms with Gasteiger partial charge in [-0.3, -0.25) is 4.90 Å². The summed E-state index contributed by atoms with van der Waals surface area (Å²) in [4.78, 5) is 2.08. The molecule has 3 unspecified atom stereocenters. The average molecular weight is 246 g/mol. The Balaban J connectivity index is 2.38. The Morgan fingerprint density at radius 2 is 2.29 bits per heavy atom. The zero-order chi connectivity index (χ0) is 12.7. The van der Waals surface area contributed by atoms with Crippen LogP contribution < -0.4 is 5.73 Å². The molecule has 1 saturated heterocycles. The van der Waals surface area contributed by atoms with Crippen molar-refractivity contribution in [2.45, 2.75) is 37.5 Å². The monoisotopic (exact) mass is 246 g/mol. The summed E-state index contributed by atoms with van der Waals surface area (Å²) >= 11 is 0. The molecule has 0 spiro atoms. The summed E-state index contributed by atoms with van der Waals surface area (Å²) < 4.78 is 10.7. The van der Waals surface area contributed by atoms with Gasteiger partial charge >= 0.3 is 0 Å². The third-order valence-corrected chi connectivity index (χ3v) is 3.37. The third kappa shape index (κ3) is 4.89. The highest BCUT2D eigenvalue weighted by Crippen LogP contribution is 2.14. The van der Waals surface area contributed by atoms with Crippen LogP contribution in [-0.4, -0.2) is 68.7 Å². The summed E-state index contributed by atoms with van der Waals surface area (Å²) in [5, 5.41) is 9.40. The molecule has 1 fully saturated rings. The minimum Gasteiger partial charge on any atom is -0.395 e. The first kappa shape index (κ1) is 14.9. The van der Waals surface area contributed by atoms with Crippen LogP contribution in [0.15, 0.2) is 0 Å². The molecule has 0 aromatic carbocycles. The lowest BCUT2D eigenvalue weighted by atomic mass is 10.1. The molecule has 1 heterocycles. The zero-order valence-electron chi connectivity index (χ0n) is 11.0. The highest BCUT2D eigenvalue weighted by molar-refractivity contribution is 4.82. The lowest BCUT2D eigenvalue weighted by molar-refractivity contribution is -0.0182. The van der Waals surface area contributed by atoms with Gasteiger partial charge in [0.15, 0.2) is 0 Å². The third-order valence-electron chi connectivity index (χ3n) is 3.37. The number of hydrogen-bond donors (Lipinski definition) is 2. The van der Waals surface area contributed by atoms with Crippen molar-refractivity contribution in [2.24, 2.45) is 5.73 Å². The number of aliphatic hydroxyl groups excluding tert-OH is 1. The van der Waals surface area contributed by atoms with Gasteiger partial charge in [-0.25, -0.2) is 0 Å². The van der Waals surface area contributed by atoms with Crippen molar-refractivity contribution in [2.75, 3.05) is 40.5 Å². The van der Waals surface area contributed by atoms with Gasteiger partial charge in [0.05, 0.1) is 19.3 Å². The van der Waals surface area contributed by atoms with Crippen LogP contribution in [0.1, 0.15) is 19.3 Å². The Bertz CT molecular complexity index is 198.